The minimum atomic E-state index is -0.661. The Morgan fingerprint density at radius 2 is 2.08 bits per heavy atom. The van der Waals surface area contributed by atoms with Gasteiger partial charge < -0.3 is 15.2 Å². The Labute approximate surface area is 147 Å². The highest BCUT2D eigenvalue weighted by Gasteiger charge is 2.40. The number of carbonyl (C=O) groups excluding carboxylic acids is 2. The zero-order chi connectivity index (χ0) is 17.8. The van der Waals surface area contributed by atoms with Crippen LogP contribution in [-0.4, -0.2) is 28.9 Å². The van der Waals surface area contributed by atoms with Crippen LogP contribution in [0.2, 0.25) is 0 Å². The van der Waals surface area contributed by atoms with Crippen LogP contribution in [0, 0.1) is 5.92 Å². The molecule has 1 fully saturated rings. The second-order valence-electron chi connectivity index (χ2n) is 6.65. The van der Waals surface area contributed by atoms with Crippen molar-refractivity contribution in [2.45, 2.75) is 57.6 Å². The van der Waals surface area contributed by atoms with Crippen LogP contribution in [0.3, 0.4) is 0 Å². The Bertz CT molecular complexity index is 680. The van der Waals surface area contributed by atoms with Crippen LogP contribution < -0.4 is 5.32 Å². The number of hydrogen-bond acceptors (Lipinski definition) is 4. The molecule has 3 rings (SSSR count). The van der Waals surface area contributed by atoms with E-state index in [0.717, 1.165) is 25.7 Å². The summed E-state index contributed by atoms with van der Waals surface area (Å²) in [6.45, 7) is 1.87. The van der Waals surface area contributed by atoms with Crippen LogP contribution in [-0.2, 0) is 9.53 Å². The van der Waals surface area contributed by atoms with E-state index >= 15 is 0 Å². The Balaban J connectivity index is 1.87. The number of phenolic OH excluding ortho intramolecular Hbond substituents is 1. The molecule has 2 atom stereocenters. The summed E-state index contributed by atoms with van der Waals surface area (Å²) in [6, 6.07) is 5.54. The van der Waals surface area contributed by atoms with E-state index in [1.54, 1.807) is 24.3 Å². The number of nitrogens with zero attached hydrogens (tertiary/aromatic N) is 1. The zero-order valence-electron chi connectivity index (χ0n) is 14.4. The highest BCUT2D eigenvalue weighted by Crippen LogP contribution is 2.32. The number of ether oxygens (including phenoxy) is 1. The molecule has 2 amide bonds. The summed E-state index contributed by atoms with van der Waals surface area (Å²) < 4.78 is 5.75. The van der Waals surface area contributed by atoms with Gasteiger partial charge in [0, 0.05) is 5.71 Å². The van der Waals surface area contributed by atoms with Gasteiger partial charge in [0.05, 0.1) is 6.04 Å². The summed E-state index contributed by atoms with van der Waals surface area (Å²) in [5.41, 5.74) is 1.19. The molecule has 6 nitrogen and oxygen atoms in total. The number of hydrogen-bond donors (Lipinski definition) is 2. The molecule has 1 aromatic carbocycles. The van der Waals surface area contributed by atoms with Crippen LogP contribution in [0.4, 0.5) is 4.79 Å². The Hall–Kier alpha value is -2.37. The second kappa shape index (κ2) is 7.68. The number of carbonyl (C=O) groups is 2. The van der Waals surface area contributed by atoms with E-state index in [1.807, 2.05) is 6.92 Å². The molecule has 1 aromatic rings. The zero-order valence-corrected chi connectivity index (χ0v) is 14.4. The Kier molecular flexibility index (Phi) is 5.36. The lowest BCUT2D eigenvalue weighted by Crippen LogP contribution is -2.45. The van der Waals surface area contributed by atoms with E-state index < -0.39 is 18.0 Å². The maximum atomic E-state index is 12.9. The number of nitrogens with one attached hydrogen (secondary N) is 1. The van der Waals surface area contributed by atoms with Crippen molar-refractivity contribution >= 4 is 17.7 Å². The molecule has 2 N–H and O–H groups in total. The maximum Gasteiger partial charge on any atom is 0.341 e. The predicted octanol–water partition coefficient (Wildman–Crippen LogP) is 3.50. The molecule has 6 heteroatoms. The molecule has 2 aliphatic rings. The summed E-state index contributed by atoms with van der Waals surface area (Å²) in [4.78, 5) is 28.8. The van der Waals surface area contributed by atoms with E-state index in [-0.39, 0.29) is 17.8 Å². The van der Waals surface area contributed by atoms with Crippen LogP contribution in [0.15, 0.2) is 29.3 Å². The van der Waals surface area contributed by atoms with Crippen molar-refractivity contribution in [3.05, 3.63) is 29.8 Å². The van der Waals surface area contributed by atoms with Gasteiger partial charge in [0.25, 0.3) is 0 Å². The molecule has 0 aromatic heterocycles. The Morgan fingerprint density at radius 1 is 1.32 bits per heavy atom. The van der Waals surface area contributed by atoms with Gasteiger partial charge in [-0.05, 0) is 49.8 Å². The topological polar surface area (TPSA) is 88.0 Å². The number of amides is 2. The summed E-state index contributed by atoms with van der Waals surface area (Å²) in [6.07, 6.45) is 5.55. The van der Waals surface area contributed by atoms with Crippen molar-refractivity contribution < 1.29 is 19.4 Å². The fraction of sp³-hybridized carbons (Fsp3) is 0.526. The predicted molar refractivity (Wildman–Crippen MR) is 93.6 cm³/mol. The normalized spacial score (nSPS) is 24.4. The third-order valence-electron chi connectivity index (χ3n) is 4.90. The van der Waals surface area contributed by atoms with E-state index in [1.165, 1.54) is 6.42 Å². The quantitative estimate of drug-likeness (QED) is 0.818. The monoisotopic (exact) mass is 344 g/mol. The average molecular weight is 344 g/mol. The molecule has 0 radical (unpaired) electrons. The fourth-order valence-corrected chi connectivity index (χ4v) is 3.63. The number of phenols is 1. The van der Waals surface area contributed by atoms with Crippen molar-refractivity contribution in [2.75, 3.05) is 0 Å². The van der Waals surface area contributed by atoms with Crippen molar-refractivity contribution in [1.82, 2.24) is 5.32 Å². The lowest BCUT2D eigenvalue weighted by molar-refractivity contribution is -0.154. The number of urea groups is 1. The molecule has 25 heavy (non-hydrogen) atoms. The third kappa shape index (κ3) is 4.00. The standard InChI is InChI=1S/C19H24N2O4/c1-2-15-16(18(23)25-14-9-4-3-5-10-14)17(21-19(24)20-15)12-7-6-8-13(22)11-12/h6-8,11,14,16-17,22H,2-5,9-10H2,1H3,(H,21,24). The van der Waals surface area contributed by atoms with E-state index in [2.05, 4.69) is 10.3 Å². The van der Waals surface area contributed by atoms with Crippen LogP contribution in [0.5, 0.6) is 5.75 Å². The molecule has 1 saturated carbocycles. The summed E-state index contributed by atoms with van der Waals surface area (Å²) in [5.74, 6) is -0.918. The molecule has 0 saturated heterocycles. The number of rotatable bonds is 4. The largest absolute Gasteiger partial charge is 0.508 e. The van der Waals surface area contributed by atoms with Gasteiger partial charge in [0.2, 0.25) is 0 Å². The third-order valence-corrected chi connectivity index (χ3v) is 4.90. The molecule has 0 spiro atoms. The first-order chi connectivity index (χ1) is 12.1. The van der Waals surface area contributed by atoms with Crippen LogP contribution in [0.25, 0.3) is 0 Å². The van der Waals surface area contributed by atoms with Gasteiger partial charge in [-0.15, -0.1) is 0 Å². The smallest absolute Gasteiger partial charge is 0.341 e. The summed E-state index contributed by atoms with van der Waals surface area (Å²) in [7, 11) is 0. The number of aromatic hydroxyl groups is 1. The Morgan fingerprint density at radius 3 is 2.76 bits per heavy atom. The van der Waals surface area contributed by atoms with Gasteiger partial charge in [-0.25, -0.2) is 9.79 Å². The van der Waals surface area contributed by atoms with Gasteiger partial charge in [-0.1, -0.05) is 25.5 Å². The minimum Gasteiger partial charge on any atom is -0.508 e. The molecule has 2 unspecified atom stereocenters. The van der Waals surface area contributed by atoms with Crippen molar-refractivity contribution in [1.29, 1.82) is 0 Å². The summed E-state index contributed by atoms with van der Waals surface area (Å²) >= 11 is 0. The molecule has 1 heterocycles. The van der Waals surface area contributed by atoms with Crippen molar-refractivity contribution in [2.24, 2.45) is 10.9 Å². The molecule has 1 aliphatic carbocycles. The maximum absolute atomic E-state index is 12.9. The fourth-order valence-electron chi connectivity index (χ4n) is 3.63. The SMILES string of the molecule is CCC1=NC(=O)NC(c2cccc(O)c2)C1C(=O)OC1CCCCC1. The first kappa shape index (κ1) is 17.5. The molecule has 0 bridgehead atoms. The second-order valence-corrected chi connectivity index (χ2v) is 6.65. The van der Waals surface area contributed by atoms with Crippen LogP contribution in [0.1, 0.15) is 57.1 Å². The number of esters is 1. The molecular weight excluding hydrogens is 320 g/mol. The van der Waals surface area contributed by atoms with Gasteiger partial charge in [0.15, 0.2) is 0 Å². The lowest BCUT2D eigenvalue weighted by Gasteiger charge is -2.32. The van der Waals surface area contributed by atoms with Gasteiger partial charge in [-0.2, -0.15) is 0 Å². The average Bonchev–Trinajstić information content (AvgIpc) is 2.61. The molecular formula is C19H24N2O4. The van der Waals surface area contributed by atoms with E-state index in [4.69, 9.17) is 4.74 Å². The van der Waals surface area contributed by atoms with Crippen molar-refractivity contribution in [3.63, 3.8) is 0 Å². The molecule has 1 aliphatic heterocycles. The minimum absolute atomic E-state index is 0.0539. The van der Waals surface area contributed by atoms with Gasteiger partial charge >= 0.3 is 12.0 Å². The highest BCUT2D eigenvalue weighted by atomic mass is 16.5. The van der Waals surface area contributed by atoms with Gasteiger partial charge in [-0.3, -0.25) is 4.79 Å². The first-order valence-corrected chi connectivity index (χ1v) is 8.96. The summed E-state index contributed by atoms with van der Waals surface area (Å²) in [5, 5.41) is 12.5. The number of aliphatic imine (C=N–C) groups is 1. The van der Waals surface area contributed by atoms with Gasteiger partial charge in [0.1, 0.15) is 17.8 Å². The first-order valence-electron chi connectivity index (χ1n) is 8.96. The van der Waals surface area contributed by atoms with Crippen molar-refractivity contribution in [3.8, 4) is 5.75 Å². The highest BCUT2D eigenvalue weighted by molar-refractivity contribution is 6.09. The molecule has 134 valence electrons. The lowest BCUT2D eigenvalue weighted by atomic mass is 9.86. The number of benzene rings is 1. The van der Waals surface area contributed by atoms with E-state index in [0.29, 0.717) is 17.7 Å². The van der Waals surface area contributed by atoms with E-state index in [9.17, 15) is 14.7 Å². The van der Waals surface area contributed by atoms with Crippen LogP contribution >= 0.6 is 0 Å².